The van der Waals surface area contributed by atoms with Gasteiger partial charge in [0.2, 0.25) is 0 Å². The summed E-state index contributed by atoms with van der Waals surface area (Å²) in [6.07, 6.45) is 0. The smallest absolute Gasteiger partial charge is 0.268 e. The fourth-order valence-electron chi connectivity index (χ4n) is 3.56. The van der Waals surface area contributed by atoms with E-state index in [1.807, 2.05) is 30.3 Å². The summed E-state index contributed by atoms with van der Waals surface area (Å²) in [5.74, 6) is -0.0404. The molecule has 1 aromatic carbocycles. The van der Waals surface area contributed by atoms with Crippen LogP contribution in [0.15, 0.2) is 36.4 Å². The monoisotopic (exact) mass is 417 g/mol. The summed E-state index contributed by atoms with van der Waals surface area (Å²) in [7, 11) is 0. The minimum absolute atomic E-state index is 0.0404. The zero-order chi connectivity index (χ0) is 19.5. The minimum atomic E-state index is -0.0404. The molecule has 0 aliphatic carbocycles. The van der Waals surface area contributed by atoms with E-state index in [0.29, 0.717) is 18.8 Å². The number of hydrogen-bond donors (Lipinski definition) is 1. The third-order valence-electron chi connectivity index (χ3n) is 5.05. The lowest BCUT2D eigenvalue weighted by Crippen LogP contribution is -2.41. The number of hydrogen-bond acceptors (Lipinski definition) is 4. The van der Waals surface area contributed by atoms with Crippen LogP contribution in [0.3, 0.4) is 0 Å². The third-order valence-corrected chi connectivity index (χ3v) is 6.40. The van der Waals surface area contributed by atoms with Crippen LogP contribution in [-0.4, -0.2) is 54.8 Å². The van der Waals surface area contributed by atoms with E-state index >= 15 is 0 Å². The van der Waals surface area contributed by atoms with E-state index in [0.717, 1.165) is 53.7 Å². The number of halogens is 1. The van der Waals surface area contributed by atoms with Gasteiger partial charge < -0.3 is 14.6 Å². The minimum Gasteiger partial charge on any atom is -0.379 e. The average molecular weight is 418 g/mol. The first-order valence-corrected chi connectivity index (χ1v) is 10.7. The number of morpholine rings is 1. The summed E-state index contributed by atoms with van der Waals surface area (Å²) >= 11 is 8.08. The molecule has 0 atom stereocenters. The van der Waals surface area contributed by atoms with Gasteiger partial charge in [0.25, 0.3) is 5.91 Å². The number of carbonyl (C=O) groups excluding carboxylic acids is 1. The van der Waals surface area contributed by atoms with Crippen molar-refractivity contribution in [3.05, 3.63) is 57.6 Å². The number of nitrogens with zero attached hydrogens (tertiary/aromatic N) is 2. The van der Waals surface area contributed by atoms with Gasteiger partial charge in [0.15, 0.2) is 0 Å². The Bertz CT molecular complexity index is 975. The molecule has 1 amide bonds. The van der Waals surface area contributed by atoms with E-state index in [9.17, 15) is 4.79 Å². The molecule has 1 N–H and O–H groups in total. The van der Waals surface area contributed by atoms with Crippen LogP contribution in [0, 0.1) is 6.92 Å². The lowest BCUT2D eigenvalue weighted by atomic mass is 10.2. The standard InChI is InChI=1S/C21H24ClN3O2S/c1-15-12-18-20(28-15)13-19(25(18)14-16-4-2-3-5-17(16)22)21(26)23-6-7-24-8-10-27-11-9-24/h2-5,12-13H,6-11,14H2,1H3,(H,23,26). The van der Waals surface area contributed by atoms with Crippen LogP contribution in [-0.2, 0) is 11.3 Å². The number of nitrogens with one attached hydrogen (secondary N) is 1. The Balaban J connectivity index is 1.53. The highest BCUT2D eigenvalue weighted by atomic mass is 35.5. The fourth-order valence-corrected chi connectivity index (χ4v) is 4.72. The van der Waals surface area contributed by atoms with Gasteiger partial charge in [0.1, 0.15) is 5.69 Å². The zero-order valence-corrected chi connectivity index (χ0v) is 17.5. The van der Waals surface area contributed by atoms with Gasteiger partial charge in [0.05, 0.1) is 23.4 Å². The summed E-state index contributed by atoms with van der Waals surface area (Å²) in [4.78, 5) is 16.5. The zero-order valence-electron chi connectivity index (χ0n) is 15.9. The van der Waals surface area contributed by atoms with Crippen molar-refractivity contribution < 1.29 is 9.53 Å². The Morgan fingerprint density at radius 1 is 1.25 bits per heavy atom. The van der Waals surface area contributed by atoms with Crippen LogP contribution < -0.4 is 5.32 Å². The van der Waals surface area contributed by atoms with Gasteiger partial charge in [-0.2, -0.15) is 0 Å². The van der Waals surface area contributed by atoms with E-state index < -0.39 is 0 Å². The number of aryl methyl sites for hydroxylation is 1. The van der Waals surface area contributed by atoms with Crippen LogP contribution >= 0.6 is 22.9 Å². The molecule has 7 heteroatoms. The maximum Gasteiger partial charge on any atom is 0.268 e. The Kier molecular flexibility index (Phi) is 6.01. The summed E-state index contributed by atoms with van der Waals surface area (Å²) < 4.78 is 8.57. The second-order valence-corrected chi connectivity index (χ2v) is 8.72. The van der Waals surface area contributed by atoms with Crippen molar-refractivity contribution in [3.63, 3.8) is 0 Å². The molecule has 0 bridgehead atoms. The molecular weight excluding hydrogens is 394 g/mol. The number of thiophene rings is 1. The highest BCUT2D eigenvalue weighted by molar-refractivity contribution is 7.19. The van der Waals surface area contributed by atoms with Gasteiger partial charge in [-0.3, -0.25) is 9.69 Å². The van der Waals surface area contributed by atoms with Gasteiger partial charge >= 0.3 is 0 Å². The lowest BCUT2D eigenvalue weighted by molar-refractivity contribution is 0.0383. The number of rotatable bonds is 6. The Morgan fingerprint density at radius 3 is 2.82 bits per heavy atom. The van der Waals surface area contributed by atoms with E-state index in [2.05, 4.69) is 27.8 Å². The summed E-state index contributed by atoms with van der Waals surface area (Å²) in [5.41, 5.74) is 2.77. The van der Waals surface area contributed by atoms with E-state index in [4.69, 9.17) is 16.3 Å². The van der Waals surface area contributed by atoms with Gasteiger partial charge in [-0.15, -0.1) is 11.3 Å². The fraction of sp³-hybridized carbons (Fsp3) is 0.381. The molecule has 0 saturated carbocycles. The van der Waals surface area contributed by atoms with Crippen molar-refractivity contribution in [2.45, 2.75) is 13.5 Å². The SMILES string of the molecule is Cc1cc2c(cc(C(=O)NCCN3CCOCC3)n2Cc2ccccc2Cl)s1. The van der Waals surface area contributed by atoms with Crippen molar-refractivity contribution in [1.29, 1.82) is 0 Å². The second kappa shape index (κ2) is 8.66. The highest BCUT2D eigenvalue weighted by Crippen LogP contribution is 2.30. The van der Waals surface area contributed by atoms with E-state index in [1.54, 1.807) is 11.3 Å². The molecule has 1 fully saturated rings. The van der Waals surface area contributed by atoms with Crippen molar-refractivity contribution in [1.82, 2.24) is 14.8 Å². The summed E-state index contributed by atoms with van der Waals surface area (Å²) in [6, 6.07) is 11.9. The number of fused-ring (bicyclic) bond motifs is 1. The molecule has 2 aromatic heterocycles. The number of benzene rings is 1. The Morgan fingerprint density at radius 2 is 2.04 bits per heavy atom. The Hall–Kier alpha value is -1.86. The topological polar surface area (TPSA) is 46.5 Å². The van der Waals surface area contributed by atoms with E-state index in [1.165, 1.54) is 4.88 Å². The maximum absolute atomic E-state index is 12.9. The third kappa shape index (κ3) is 4.25. The molecule has 5 nitrogen and oxygen atoms in total. The predicted molar refractivity (Wildman–Crippen MR) is 115 cm³/mol. The first kappa shape index (κ1) is 19.5. The van der Waals surface area contributed by atoms with E-state index in [-0.39, 0.29) is 5.91 Å². The van der Waals surface area contributed by atoms with Gasteiger partial charge in [-0.1, -0.05) is 29.8 Å². The predicted octanol–water partition coefficient (Wildman–Crippen LogP) is 3.77. The summed E-state index contributed by atoms with van der Waals surface area (Å²) in [5, 5.41) is 3.80. The summed E-state index contributed by atoms with van der Waals surface area (Å²) in [6.45, 7) is 7.52. The van der Waals surface area contributed by atoms with Gasteiger partial charge in [-0.25, -0.2) is 0 Å². The molecule has 1 aliphatic rings. The highest BCUT2D eigenvalue weighted by Gasteiger charge is 2.18. The number of amides is 1. The van der Waals surface area contributed by atoms with Crippen LogP contribution in [0.25, 0.3) is 10.2 Å². The maximum atomic E-state index is 12.9. The molecule has 1 aliphatic heterocycles. The molecule has 0 unspecified atom stereocenters. The van der Waals surface area contributed by atoms with Crippen molar-refractivity contribution >= 4 is 39.1 Å². The van der Waals surface area contributed by atoms with Crippen LogP contribution in [0.1, 0.15) is 20.9 Å². The molecule has 3 aromatic rings. The first-order chi connectivity index (χ1) is 13.6. The van der Waals surface area contributed by atoms with Crippen LogP contribution in [0.2, 0.25) is 5.02 Å². The molecule has 0 radical (unpaired) electrons. The number of aromatic nitrogens is 1. The Labute approximate surface area is 173 Å². The van der Waals surface area contributed by atoms with Crippen molar-refractivity contribution in [3.8, 4) is 0 Å². The second-order valence-electron chi connectivity index (χ2n) is 7.02. The molecule has 0 spiro atoms. The largest absolute Gasteiger partial charge is 0.379 e. The van der Waals surface area contributed by atoms with Crippen molar-refractivity contribution in [2.75, 3.05) is 39.4 Å². The molecular formula is C21H24ClN3O2S. The number of carbonyl (C=O) groups is 1. The van der Waals surface area contributed by atoms with Crippen molar-refractivity contribution in [2.24, 2.45) is 0 Å². The lowest BCUT2D eigenvalue weighted by Gasteiger charge is -2.26. The first-order valence-electron chi connectivity index (χ1n) is 9.53. The van der Waals surface area contributed by atoms with Gasteiger partial charge in [0, 0.05) is 42.6 Å². The molecule has 4 rings (SSSR count). The van der Waals surface area contributed by atoms with Crippen LogP contribution in [0.4, 0.5) is 0 Å². The quantitative estimate of drug-likeness (QED) is 0.664. The molecule has 1 saturated heterocycles. The normalized spacial score (nSPS) is 15.2. The van der Waals surface area contributed by atoms with Crippen LogP contribution in [0.5, 0.6) is 0 Å². The molecule has 3 heterocycles. The molecule has 28 heavy (non-hydrogen) atoms. The van der Waals surface area contributed by atoms with Gasteiger partial charge in [-0.05, 0) is 30.7 Å². The average Bonchev–Trinajstić information content (AvgIpc) is 3.21. The molecule has 148 valence electrons. The number of ether oxygens (including phenoxy) is 1.